The molecule has 1 saturated heterocycles. The van der Waals surface area contributed by atoms with Crippen LogP contribution in [-0.2, 0) is 6.54 Å². The lowest BCUT2D eigenvalue weighted by molar-refractivity contribution is 0.276. The summed E-state index contributed by atoms with van der Waals surface area (Å²) in [4.78, 5) is 11.9. The van der Waals surface area contributed by atoms with Crippen LogP contribution in [0.5, 0.6) is 0 Å². The molecule has 2 heterocycles. The first-order valence-corrected chi connectivity index (χ1v) is 8.45. The van der Waals surface area contributed by atoms with Crippen molar-refractivity contribution in [2.45, 2.75) is 70.3 Å². The predicted octanol–water partition coefficient (Wildman–Crippen LogP) is 3.90. The zero-order valence-electron chi connectivity index (χ0n) is 12.6. The van der Waals surface area contributed by atoms with Crippen molar-refractivity contribution in [3.05, 3.63) is 23.8 Å². The van der Waals surface area contributed by atoms with Gasteiger partial charge in [0.25, 0.3) is 0 Å². The normalized spacial score (nSPS) is 22.6. The van der Waals surface area contributed by atoms with Crippen molar-refractivity contribution in [2.24, 2.45) is 0 Å². The topological polar surface area (TPSA) is 29.0 Å². The molecule has 0 aromatic carbocycles. The summed E-state index contributed by atoms with van der Waals surface area (Å²) in [5, 5.41) is 0. The zero-order chi connectivity index (χ0) is 13.6. The lowest BCUT2D eigenvalue weighted by Gasteiger charge is -2.21. The molecule has 0 N–H and O–H groups in total. The highest BCUT2D eigenvalue weighted by molar-refractivity contribution is 5.08. The van der Waals surface area contributed by atoms with Crippen LogP contribution < -0.4 is 0 Å². The summed E-state index contributed by atoms with van der Waals surface area (Å²) >= 11 is 0. The lowest BCUT2D eigenvalue weighted by atomic mass is 9.89. The largest absolute Gasteiger partial charge is 0.299 e. The van der Waals surface area contributed by atoms with E-state index in [1.807, 2.05) is 0 Å². The fraction of sp³-hybridized carbons (Fsp3) is 0.765. The zero-order valence-corrected chi connectivity index (χ0v) is 12.6. The Morgan fingerprint density at radius 3 is 2.10 bits per heavy atom. The minimum atomic E-state index is 0.621. The van der Waals surface area contributed by atoms with Gasteiger partial charge in [0.1, 0.15) is 5.82 Å². The van der Waals surface area contributed by atoms with Gasteiger partial charge in [0.05, 0.1) is 0 Å². The summed E-state index contributed by atoms with van der Waals surface area (Å²) in [5.41, 5.74) is 1.28. The third-order valence-electron chi connectivity index (χ3n) is 4.80. The summed E-state index contributed by atoms with van der Waals surface area (Å²) in [7, 11) is 0. The van der Waals surface area contributed by atoms with E-state index < -0.39 is 0 Å². The minimum Gasteiger partial charge on any atom is -0.299 e. The van der Waals surface area contributed by atoms with E-state index in [9.17, 15) is 0 Å². The van der Waals surface area contributed by atoms with Crippen LogP contribution in [0, 0.1) is 0 Å². The molecule has 0 unspecified atom stereocenters. The van der Waals surface area contributed by atoms with Crippen LogP contribution in [0.2, 0.25) is 0 Å². The summed E-state index contributed by atoms with van der Waals surface area (Å²) in [5.74, 6) is 1.71. The molecule has 0 atom stereocenters. The Hall–Kier alpha value is -0.960. The number of hydrogen-bond donors (Lipinski definition) is 0. The van der Waals surface area contributed by atoms with Gasteiger partial charge in [-0.1, -0.05) is 32.1 Å². The molecule has 0 spiro atoms. The Labute approximate surface area is 122 Å². The van der Waals surface area contributed by atoms with Crippen molar-refractivity contribution >= 4 is 0 Å². The predicted molar refractivity (Wildman–Crippen MR) is 81.6 cm³/mol. The molecule has 0 bridgehead atoms. The Balaban J connectivity index is 1.57. The highest BCUT2D eigenvalue weighted by Crippen LogP contribution is 2.30. The van der Waals surface area contributed by atoms with Gasteiger partial charge in [-0.3, -0.25) is 4.90 Å². The summed E-state index contributed by atoms with van der Waals surface area (Å²) in [6.07, 6.45) is 16.3. The SMILES string of the molecule is c1nc(C2CCCCC2)ncc1CN1CCCCCC1. The Morgan fingerprint density at radius 2 is 1.45 bits per heavy atom. The maximum Gasteiger partial charge on any atom is 0.131 e. The third kappa shape index (κ3) is 3.78. The average molecular weight is 273 g/mol. The monoisotopic (exact) mass is 273 g/mol. The van der Waals surface area contributed by atoms with E-state index in [4.69, 9.17) is 0 Å². The molecule has 3 heteroatoms. The fourth-order valence-corrected chi connectivity index (χ4v) is 3.57. The van der Waals surface area contributed by atoms with Crippen LogP contribution in [0.1, 0.15) is 75.1 Å². The Kier molecular flexibility index (Phi) is 5.01. The van der Waals surface area contributed by atoms with Crippen molar-refractivity contribution < 1.29 is 0 Å². The van der Waals surface area contributed by atoms with Gasteiger partial charge in [-0.2, -0.15) is 0 Å². The van der Waals surface area contributed by atoms with Gasteiger partial charge in [0.15, 0.2) is 0 Å². The van der Waals surface area contributed by atoms with Gasteiger partial charge in [0.2, 0.25) is 0 Å². The van der Waals surface area contributed by atoms with E-state index in [2.05, 4.69) is 27.3 Å². The van der Waals surface area contributed by atoms with E-state index in [1.54, 1.807) is 0 Å². The average Bonchev–Trinajstić information content (AvgIpc) is 2.78. The van der Waals surface area contributed by atoms with Crippen molar-refractivity contribution in [2.75, 3.05) is 13.1 Å². The highest BCUT2D eigenvalue weighted by atomic mass is 15.1. The maximum atomic E-state index is 4.65. The van der Waals surface area contributed by atoms with Crippen LogP contribution in [0.15, 0.2) is 12.4 Å². The summed E-state index contributed by atoms with van der Waals surface area (Å²) < 4.78 is 0. The van der Waals surface area contributed by atoms with E-state index in [0.717, 1.165) is 12.4 Å². The van der Waals surface area contributed by atoms with Crippen LogP contribution in [0.3, 0.4) is 0 Å². The standard InChI is InChI=1S/C17H27N3/c1-2-7-11-20(10-6-1)14-15-12-18-17(19-13-15)16-8-4-3-5-9-16/h12-13,16H,1-11,14H2. The first-order chi connectivity index (χ1) is 9.92. The second-order valence-corrected chi connectivity index (χ2v) is 6.47. The van der Waals surface area contributed by atoms with Crippen molar-refractivity contribution in [1.29, 1.82) is 0 Å². The Morgan fingerprint density at radius 1 is 0.850 bits per heavy atom. The van der Waals surface area contributed by atoms with Crippen LogP contribution >= 0.6 is 0 Å². The molecule has 0 radical (unpaired) electrons. The molecule has 20 heavy (non-hydrogen) atoms. The van der Waals surface area contributed by atoms with Crippen LogP contribution in [0.4, 0.5) is 0 Å². The highest BCUT2D eigenvalue weighted by Gasteiger charge is 2.18. The smallest absolute Gasteiger partial charge is 0.131 e. The van der Waals surface area contributed by atoms with Crippen LogP contribution in [0.25, 0.3) is 0 Å². The number of likely N-dealkylation sites (tertiary alicyclic amines) is 1. The quantitative estimate of drug-likeness (QED) is 0.836. The molecule has 3 rings (SSSR count). The second kappa shape index (κ2) is 7.16. The molecule has 1 aliphatic heterocycles. The van der Waals surface area contributed by atoms with E-state index in [-0.39, 0.29) is 0 Å². The third-order valence-corrected chi connectivity index (χ3v) is 4.80. The summed E-state index contributed by atoms with van der Waals surface area (Å²) in [6.45, 7) is 3.51. The number of hydrogen-bond acceptors (Lipinski definition) is 3. The molecule has 110 valence electrons. The molecule has 1 aromatic rings. The Bertz CT molecular complexity index is 387. The van der Waals surface area contributed by atoms with Gasteiger partial charge in [-0.15, -0.1) is 0 Å². The van der Waals surface area contributed by atoms with Crippen LogP contribution in [-0.4, -0.2) is 28.0 Å². The maximum absolute atomic E-state index is 4.65. The molecule has 1 saturated carbocycles. The fourth-order valence-electron chi connectivity index (χ4n) is 3.57. The lowest BCUT2D eigenvalue weighted by Crippen LogP contribution is -2.24. The molecule has 3 nitrogen and oxygen atoms in total. The van der Waals surface area contributed by atoms with Gasteiger partial charge in [0, 0.05) is 30.4 Å². The van der Waals surface area contributed by atoms with Gasteiger partial charge >= 0.3 is 0 Å². The van der Waals surface area contributed by atoms with Crippen molar-refractivity contribution in [3.8, 4) is 0 Å². The molecular formula is C17H27N3. The van der Waals surface area contributed by atoms with Gasteiger partial charge < -0.3 is 0 Å². The number of rotatable bonds is 3. The first kappa shape index (κ1) is 14.0. The minimum absolute atomic E-state index is 0.621. The number of aromatic nitrogens is 2. The molecule has 1 aromatic heterocycles. The van der Waals surface area contributed by atoms with Gasteiger partial charge in [-0.05, 0) is 38.8 Å². The molecule has 1 aliphatic carbocycles. The van der Waals surface area contributed by atoms with Crippen molar-refractivity contribution in [1.82, 2.24) is 14.9 Å². The van der Waals surface area contributed by atoms with E-state index >= 15 is 0 Å². The summed E-state index contributed by atoms with van der Waals surface area (Å²) in [6, 6.07) is 0. The van der Waals surface area contributed by atoms with Gasteiger partial charge in [-0.25, -0.2) is 9.97 Å². The molecule has 2 fully saturated rings. The van der Waals surface area contributed by atoms with Crippen molar-refractivity contribution in [3.63, 3.8) is 0 Å². The first-order valence-electron chi connectivity index (χ1n) is 8.45. The second-order valence-electron chi connectivity index (χ2n) is 6.47. The van der Waals surface area contributed by atoms with E-state index in [1.165, 1.54) is 76.4 Å². The molecule has 2 aliphatic rings. The number of nitrogens with zero attached hydrogens (tertiary/aromatic N) is 3. The molecular weight excluding hydrogens is 246 g/mol. The molecule has 0 amide bonds. The van der Waals surface area contributed by atoms with E-state index in [0.29, 0.717) is 5.92 Å².